The summed E-state index contributed by atoms with van der Waals surface area (Å²) in [5, 5.41) is 10.5. The quantitative estimate of drug-likeness (QED) is 0.473. The van der Waals surface area contributed by atoms with Gasteiger partial charge in [-0.2, -0.15) is 0 Å². The summed E-state index contributed by atoms with van der Waals surface area (Å²) in [4.78, 5) is 56.9. The van der Waals surface area contributed by atoms with Crippen molar-refractivity contribution in [3.63, 3.8) is 0 Å². The maximum atomic E-state index is 14.3. The third kappa shape index (κ3) is 3.10. The van der Waals surface area contributed by atoms with Crippen molar-refractivity contribution in [2.75, 3.05) is 19.1 Å². The minimum atomic E-state index is -1.19. The van der Waals surface area contributed by atoms with Gasteiger partial charge in [-0.15, -0.1) is 0 Å². The van der Waals surface area contributed by atoms with Gasteiger partial charge in [0.1, 0.15) is 0 Å². The first kappa shape index (κ1) is 24.7. The Hall–Kier alpha value is -3.65. The van der Waals surface area contributed by atoms with E-state index >= 15 is 0 Å². The van der Waals surface area contributed by atoms with Crippen LogP contribution < -0.4 is 9.64 Å². The molecule has 0 radical (unpaired) electrons. The van der Waals surface area contributed by atoms with Gasteiger partial charge in [0.05, 0.1) is 41.0 Å². The molecule has 2 heterocycles. The highest BCUT2D eigenvalue weighted by Gasteiger charge is 2.67. The van der Waals surface area contributed by atoms with Gasteiger partial charge in [-0.05, 0) is 55.5 Å². The number of carbonyl (C=O) groups excluding carboxylic acids is 4. The number of allylic oxidation sites excluding steroid dienone is 2. The minimum Gasteiger partial charge on any atom is -0.503 e. The van der Waals surface area contributed by atoms with Crippen molar-refractivity contribution in [2.24, 2.45) is 29.1 Å². The first-order valence-corrected chi connectivity index (χ1v) is 13.0. The van der Waals surface area contributed by atoms with Crippen LogP contribution in [0.3, 0.4) is 0 Å². The van der Waals surface area contributed by atoms with E-state index in [0.717, 1.165) is 5.57 Å². The van der Waals surface area contributed by atoms with Crippen molar-refractivity contribution in [3.8, 4) is 11.5 Å². The van der Waals surface area contributed by atoms with E-state index in [1.54, 1.807) is 43.3 Å². The number of amides is 4. The van der Waals surface area contributed by atoms with E-state index in [2.05, 4.69) is 0 Å². The number of nitrogens with zero attached hydrogens (tertiary/aromatic N) is 2. The monoisotopic (exact) mass is 534 g/mol. The number of halogens is 1. The number of rotatable bonds is 3. The molecule has 2 aliphatic heterocycles. The van der Waals surface area contributed by atoms with Crippen molar-refractivity contribution >= 4 is 40.9 Å². The molecule has 6 unspecified atom stereocenters. The van der Waals surface area contributed by atoms with Gasteiger partial charge in [-0.3, -0.25) is 24.1 Å². The second-order valence-corrected chi connectivity index (χ2v) is 11.2. The number of imide groups is 2. The summed E-state index contributed by atoms with van der Waals surface area (Å²) in [5.74, 6) is -4.03. The number of benzene rings is 2. The molecule has 2 saturated heterocycles. The maximum Gasteiger partial charge on any atom is 0.241 e. The topological polar surface area (TPSA) is 104 Å². The van der Waals surface area contributed by atoms with Crippen molar-refractivity contribution in [1.82, 2.24) is 4.90 Å². The van der Waals surface area contributed by atoms with Gasteiger partial charge in [-0.1, -0.05) is 41.4 Å². The Morgan fingerprint density at radius 3 is 2.42 bits per heavy atom. The molecule has 2 aromatic rings. The Kier molecular flexibility index (Phi) is 5.47. The second kappa shape index (κ2) is 8.43. The van der Waals surface area contributed by atoms with E-state index in [9.17, 15) is 24.3 Å². The van der Waals surface area contributed by atoms with E-state index in [-0.39, 0.29) is 46.6 Å². The molecule has 8 nitrogen and oxygen atoms in total. The number of phenols is 1. The Balaban J connectivity index is 1.57. The van der Waals surface area contributed by atoms with Crippen molar-refractivity contribution in [3.05, 3.63) is 64.7 Å². The SMILES string of the molecule is COc1cc(C2C3=CCC4C(=O)N(C)C(=O)C4C3CC3C(=O)N(c4ccccc4)C(=O)C32C)cc(Cl)c1O. The molecule has 0 bridgehead atoms. The normalized spacial score (nSPS) is 32.2. The van der Waals surface area contributed by atoms with Gasteiger partial charge < -0.3 is 9.84 Å². The third-order valence-electron chi connectivity index (χ3n) is 9.11. The zero-order valence-electron chi connectivity index (χ0n) is 21.2. The van der Waals surface area contributed by atoms with Gasteiger partial charge in [0.15, 0.2) is 11.5 Å². The van der Waals surface area contributed by atoms with Crippen LogP contribution in [0.4, 0.5) is 5.69 Å². The maximum absolute atomic E-state index is 14.3. The lowest BCUT2D eigenvalue weighted by Crippen LogP contribution is -2.48. The molecule has 1 N–H and O–H groups in total. The summed E-state index contributed by atoms with van der Waals surface area (Å²) in [7, 11) is 2.91. The van der Waals surface area contributed by atoms with Crippen LogP contribution in [0.2, 0.25) is 5.02 Å². The Labute approximate surface area is 224 Å². The van der Waals surface area contributed by atoms with Gasteiger partial charge in [0, 0.05) is 13.0 Å². The fourth-order valence-corrected chi connectivity index (χ4v) is 7.51. The number of hydrogen-bond acceptors (Lipinski definition) is 6. The predicted octanol–water partition coefficient (Wildman–Crippen LogP) is 3.91. The zero-order chi connectivity index (χ0) is 27.1. The summed E-state index contributed by atoms with van der Waals surface area (Å²) in [6.07, 6.45) is 2.62. The molecule has 6 atom stereocenters. The molecule has 6 rings (SSSR count). The first-order chi connectivity index (χ1) is 18.1. The smallest absolute Gasteiger partial charge is 0.241 e. The van der Waals surface area contributed by atoms with Gasteiger partial charge in [0.2, 0.25) is 23.6 Å². The predicted molar refractivity (Wildman–Crippen MR) is 139 cm³/mol. The number of carbonyl (C=O) groups is 4. The van der Waals surface area contributed by atoms with Gasteiger partial charge in [0.25, 0.3) is 0 Å². The minimum absolute atomic E-state index is 0.0550. The molecule has 0 aromatic heterocycles. The van der Waals surface area contributed by atoms with Crippen LogP contribution in [0.25, 0.3) is 0 Å². The largest absolute Gasteiger partial charge is 0.503 e. The van der Waals surface area contributed by atoms with E-state index in [1.165, 1.54) is 24.0 Å². The molecule has 2 aromatic carbocycles. The number of hydrogen-bond donors (Lipinski definition) is 1. The Morgan fingerprint density at radius 2 is 1.74 bits per heavy atom. The molecule has 1 saturated carbocycles. The number of methoxy groups -OCH3 is 1. The van der Waals surface area contributed by atoms with Crippen LogP contribution in [0, 0.1) is 29.1 Å². The molecule has 4 amide bonds. The summed E-state index contributed by atoms with van der Waals surface area (Å²) in [5.41, 5.74) is 0.749. The highest BCUT2D eigenvalue weighted by Crippen LogP contribution is 2.64. The molecule has 9 heteroatoms. The highest BCUT2D eigenvalue weighted by atomic mass is 35.5. The van der Waals surface area contributed by atoms with E-state index < -0.39 is 35.0 Å². The third-order valence-corrected chi connectivity index (χ3v) is 9.40. The average Bonchev–Trinajstić information content (AvgIpc) is 3.25. The van der Waals surface area contributed by atoms with E-state index in [4.69, 9.17) is 16.3 Å². The summed E-state index contributed by atoms with van der Waals surface area (Å²) >= 11 is 6.40. The molecule has 3 fully saturated rings. The summed E-state index contributed by atoms with van der Waals surface area (Å²) in [6.45, 7) is 1.80. The van der Waals surface area contributed by atoms with Gasteiger partial charge >= 0.3 is 0 Å². The molecule has 38 heavy (non-hydrogen) atoms. The number of likely N-dealkylation sites (tertiary alicyclic amines) is 1. The summed E-state index contributed by atoms with van der Waals surface area (Å²) < 4.78 is 5.37. The number of fused-ring (bicyclic) bond motifs is 4. The Morgan fingerprint density at radius 1 is 1.03 bits per heavy atom. The molecule has 2 aliphatic carbocycles. The standard InChI is InChI=1S/C29H27ClN2O6/c1-29-19(26(35)32(28(29)37)15-7-5-4-6-8-15)13-18-16(9-10-17-22(18)27(36)31(2)25(17)34)23(29)14-11-20(30)24(33)21(12-14)38-3/h4-9,11-12,17-19,22-23,33H,10,13H2,1-3H3. The van der Waals surface area contributed by atoms with Crippen LogP contribution in [0.5, 0.6) is 11.5 Å². The van der Waals surface area contributed by atoms with Crippen LogP contribution in [-0.2, 0) is 19.2 Å². The van der Waals surface area contributed by atoms with Gasteiger partial charge in [-0.25, -0.2) is 4.90 Å². The first-order valence-electron chi connectivity index (χ1n) is 12.6. The number of aromatic hydroxyl groups is 1. The van der Waals surface area contributed by atoms with Crippen LogP contribution in [0.1, 0.15) is 31.2 Å². The van der Waals surface area contributed by atoms with Crippen LogP contribution in [0.15, 0.2) is 54.1 Å². The lowest BCUT2D eigenvalue weighted by molar-refractivity contribution is -0.138. The fourth-order valence-electron chi connectivity index (χ4n) is 7.29. The molecule has 196 valence electrons. The summed E-state index contributed by atoms with van der Waals surface area (Å²) in [6, 6.07) is 12.0. The van der Waals surface area contributed by atoms with Crippen molar-refractivity contribution < 1.29 is 29.0 Å². The number of anilines is 1. The van der Waals surface area contributed by atoms with Crippen molar-refractivity contribution in [1.29, 1.82) is 0 Å². The number of phenolic OH excluding ortho intramolecular Hbond substituents is 1. The number of para-hydroxylation sites is 1. The fraction of sp³-hybridized carbons (Fsp3) is 0.379. The molecular weight excluding hydrogens is 508 g/mol. The lowest BCUT2D eigenvalue weighted by Gasteiger charge is -2.49. The highest BCUT2D eigenvalue weighted by molar-refractivity contribution is 6.32. The number of ether oxygens (including phenoxy) is 1. The second-order valence-electron chi connectivity index (χ2n) is 10.8. The van der Waals surface area contributed by atoms with E-state index in [1.807, 2.05) is 12.1 Å². The lowest BCUT2D eigenvalue weighted by atomic mass is 9.51. The molecule has 0 spiro atoms. The average molecular weight is 535 g/mol. The van der Waals surface area contributed by atoms with Crippen LogP contribution >= 0.6 is 11.6 Å². The van der Waals surface area contributed by atoms with Crippen molar-refractivity contribution in [2.45, 2.75) is 25.7 Å². The zero-order valence-corrected chi connectivity index (χ0v) is 21.9. The van der Waals surface area contributed by atoms with Crippen LogP contribution in [-0.4, -0.2) is 47.8 Å². The molecular formula is C29H27ClN2O6. The Bertz CT molecular complexity index is 1440. The molecule has 4 aliphatic rings. The van der Waals surface area contributed by atoms with E-state index in [0.29, 0.717) is 17.7 Å².